The van der Waals surface area contributed by atoms with Gasteiger partial charge in [0.15, 0.2) is 0 Å². The quantitative estimate of drug-likeness (QED) is 0.172. The molecule has 43 heavy (non-hydrogen) atoms. The summed E-state index contributed by atoms with van der Waals surface area (Å²) in [5, 5.41) is 0. The van der Waals surface area contributed by atoms with Crippen molar-refractivity contribution in [2.75, 3.05) is 35.5 Å². The average molecular weight is 645 g/mol. The maximum Gasteiger partial charge on any atom is 0.766 e. The first-order valence-corrected chi connectivity index (χ1v) is 18.4. The molecule has 4 bridgehead atoms. The Bertz CT molecular complexity index is 943. The van der Waals surface area contributed by atoms with Crippen LogP contribution in [0.1, 0.15) is 58.8 Å². The van der Waals surface area contributed by atoms with E-state index in [9.17, 15) is 23.6 Å². The van der Waals surface area contributed by atoms with E-state index >= 15 is 0 Å². The third-order valence-corrected chi connectivity index (χ3v) is 11.9. The molecule has 3 saturated carbocycles. The van der Waals surface area contributed by atoms with Gasteiger partial charge < -0.3 is 31.6 Å². The maximum absolute atomic E-state index is 11.2. The van der Waals surface area contributed by atoms with Crippen LogP contribution in [-0.2, 0) is 55.2 Å². The van der Waals surface area contributed by atoms with Gasteiger partial charge in [-0.2, -0.15) is 0 Å². The molecule has 0 aromatic carbocycles. The topological polar surface area (TPSA) is 150 Å². The zero-order valence-electron chi connectivity index (χ0n) is 26.6. The Kier molecular flexibility index (Phi) is 14.8. The summed E-state index contributed by atoms with van der Waals surface area (Å²) in [6.07, 6.45) is 12.5. The number of allylic oxidation sites excluding steroid dienone is 2. The maximum atomic E-state index is 11.2. The molecule has 0 amide bonds. The summed E-state index contributed by atoms with van der Waals surface area (Å²) in [4.78, 5) is 44.8. The Morgan fingerprint density at radius 2 is 1.07 bits per heavy atom. The van der Waals surface area contributed by atoms with Crippen molar-refractivity contribution < 1.29 is 55.2 Å². The van der Waals surface area contributed by atoms with Crippen LogP contribution in [0, 0.1) is 47.3 Å². The zero-order valence-corrected chi connectivity index (χ0v) is 28.6. The number of hydrogen-bond acceptors (Lipinski definition) is 12. The molecule has 0 aromatic heterocycles. The summed E-state index contributed by atoms with van der Waals surface area (Å²) in [5.74, 6) is -0.0543. The smallest absolute Gasteiger partial charge is 0.499 e. The third-order valence-electron chi connectivity index (χ3n) is 9.02. The standard InChI is InChI=1S/C9H10O3.C9H8O3.C5H12.C4H12O3Si.C2H6O3Si/c2*10-8-6-4-1-2-5(3-4)7(6)9(11)12-8;1-3-5-4-2;1-5-8(4,6-2)7-3;1-4-6(3)5-2/h4-7H,1-3H2;1-2,4-7H,3H2;3-5H2,1-2H3;1-4H3;1-2H3. The van der Waals surface area contributed by atoms with E-state index in [4.69, 9.17) is 13.3 Å². The van der Waals surface area contributed by atoms with Crippen molar-refractivity contribution in [1.29, 1.82) is 0 Å². The molecule has 2 heterocycles. The number of fused-ring (bicyclic) bond motifs is 10. The normalized spacial score (nSPS) is 31.5. The lowest BCUT2D eigenvalue weighted by molar-refractivity contribution is -0.156. The Labute approximate surface area is 257 Å². The molecule has 8 unspecified atom stereocenters. The zero-order chi connectivity index (χ0) is 32.3. The molecule has 0 spiro atoms. The summed E-state index contributed by atoms with van der Waals surface area (Å²) in [6, 6.07) is 0. The second-order valence-corrected chi connectivity index (χ2v) is 15.6. The third kappa shape index (κ3) is 9.13. The fraction of sp³-hybridized carbons (Fsp3) is 0.793. The highest BCUT2D eigenvalue weighted by Crippen LogP contribution is 2.55. The summed E-state index contributed by atoms with van der Waals surface area (Å²) >= 11 is 0. The first kappa shape index (κ1) is 36.9. The largest absolute Gasteiger partial charge is 0.766 e. The van der Waals surface area contributed by atoms with E-state index in [1.54, 1.807) is 21.3 Å². The van der Waals surface area contributed by atoms with Crippen LogP contribution in [0.3, 0.4) is 0 Å². The molecular formula is C29H48O12Si2. The van der Waals surface area contributed by atoms with Gasteiger partial charge in [0.05, 0.1) is 37.9 Å². The van der Waals surface area contributed by atoms with Crippen LogP contribution in [0.15, 0.2) is 12.2 Å². The number of esters is 4. The molecule has 5 fully saturated rings. The number of unbranched alkanes of at least 4 members (excludes halogenated alkanes) is 2. The molecule has 244 valence electrons. The molecule has 2 aliphatic heterocycles. The number of carbonyl (C=O) groups excluding carboxylic acids is 4. The van der Waals surface area contributed by atoms with Crippen LogP contribution >= 0.6 is 0 Å². The van der Waals surface area contributed by atoms with Gasteiger partial charge in [0.25, 0.3) is 0 Å². The molecule has 6 rings (SSSR count). The molecule has 0 N–H and O–H groups in total. The van der Waals surface area contributed by atoms with Gasteiger partial charge in [-0.15, -0.1) is 0 Å². The Morgan fingerprint density at radius 1 is 0.698 bits per heavy atom. The minimum absolute atomic E-state index is 0.0590. The fourth-order valence-corrected chi connectivity index (χ4v) is 7.26. The highest BCUT2D eigenvalue weighted by molar-refractivity contribution is 6.58. The number of carbonyl (C=O) groups is 4. The van der Waals surface area contributed by atoms with Crippen molar-refractivity contribution in [3.05, 3.63) is 12.2 Å². The number of rotatable bonds is 7. The number of hydrogen-bond donors (Lipinski definition) is 0. The lowest BCUT2D eigenvalue weighted by Crippen LogP contribution is -2.38. The summed E-state index contributed by atoms with van der Waals surface area (Å²) in [7, 11) is 3.13. The van der Waals surface area contributed by atoms with Gasteiger partial charge in [0, 0.05) is 27.9 Å². The average Bonchev–Trinajstić information content (AvgIpc) is 3.87. The van der Waals surface area contributed by atoms with Gasteiger partial charge >= 0.3 is 41.9 Å². The van der Waals surface area contributed by atoms with E-state index < -0.39 is 18.0 Å². The van der Waals surface area contributed by atoms with Crippen molar-refractivity contribution >= 4 is 41.9 Å². The predicted octanol–water partition coefficient (Wildman–Crippen LogP) is 3.63. The SMILES string of the molecule is CCCCC.CO[Si](=O)OC.CO[Si](C)(OC)OC.O=C1OC(=O)C2C3C=CC(C3)C12.O=C1OC(=O)C2C3CCC(C3)C12. The van der Waals surface area contributed by atoms with E-state index in [1.807, 2.05) is 18.7 Å². The van der Waals surface area contributed by atoms with E-state index in [2.05, 4.69) is 32.2 Å². The van der Waals surface area contributed by atoms with Gasteiger partial charge in [-0.3, -0.25) is 23.6 Å². The van der Waals surface area contributed by atoms with Crippen LogP contribution in [0.2, 0.25) is 6.55 Å². The molecule has 6 aliphatic rings. The van der Waals surface area contributed by atoms with E-state index in [0.29, 0.717) is 11.8 Å². The monoisotopic (exact) mass is 644 g/mol. The minimum atomic E-state index is -2.17. The summed E-state index contributed by atoms with van der Waals surface area (Å²) in [5.41, 5.74) is 0. The Hall–Kier alpha value is -2.27. The van der Waals surface area contributed by atoms with Crippen LogP contribution < -0.4 is 0 Å². The van der Waals surface area contributed by atoms with E-state index in [1.165, 1.54) is 33.5 Å². The van der Waals surface area contributed by atoms with Crippen molar-refractivity contribution in [2.45, 2.75) is 65.3 Å². The van der Waals surface area contributed by atoms with Crippen molar-refractivity contribution in [3.63, 3.8) is 0 Å². The molecule has 0 aromatic rings. The lowest BCUT2D eigenvalue weighted by atomic mass is 9.81. The first-order valence-electron chi connectivity index (χ1n) is 14.9. The highest BCUT2D eigenvalue weighted by Gasteiger charge is 2.60. The van der Waals surface area contributed by atoms with Gasteiger partial charge in [0.1, 0.15) is 0 Å². The van der Waals surface area contributed by atoms with E-state index in [-0.39, 0.29) is 59.4 Å². The number of ether oxygens (including phenoxy) is 2. The van der Waals surface area contributed by atoms with Crippen molar-refractivity contribution in [1.82, 2.24) is 0 Å². The molecule has 2 saturated heterocycles. The molecule has 8 atom stereocenters. The first-order chi connectivity index (χ1) is 20.4. The summed E-state index contributed by atoms with van der Waals surface area (Å²) < 4.78 is 42.4. The van der Waals surface area contributed by atoms with Crippen LogP contribution in [0.5, 0.6) is 0 Å². The molecule has 14 heteroatoms. The Morgan fingerprint density at radius 3 is 1.33 bits per heavy atom. The van der Waals surface area contributed by atoms with Crippen LogP contribution in [0.25, 0.3) is 0 Å². The van der Waals surface area contributed by atoms with Crippen LogP contribution in [-0.4, -0.2) is 77.4 Å². The van der Waals surface area contributed by atoms with Gasteiger partial charge in [-0.25, -0.2) is 0 Å². The molecule has 0 radical (unpaired) electrons. The fourth-order valence-electron chi connectivity index (χ4n) is 6.59. The molecule has 4 aliphatic carbocycles. The van der Waals surface area contributed by atoms with Gasteiger partial charge in [-0.05, 0) is 49.4 Å². The summed E-state index contributed by atoms with van der Waals surface area (Å²) in [6.45, 7) is 6.25. The number of cyclic esters (lactones) is 4. The van der Waals surface area contributed by atoms with Crippen molar-refractivity contribution in [2.24, 2.45) is 47.3 Å². The van der Waals surface area contributed by atoms with Gasteiger partial charge in [0.2, 0.25) is 0 Å². The molecule has 12 nitrogen and oxygen atoms in total. The van der Waals surface area contributed by atoms with Crippen LogP contribution in [0.4, 0.5) is 0 Å². The van der Waals surface area contributed by atoms with Gasteiger partial charge in [-0.1, -0.05) is 45.3 Å². The minimum Gasteiger partial charge on any atom is -0.499 e. The second kappa shape index (κ2) is 17.3. The van der Waals surface area contributed by atoms with E-state index in [0.717, 1.165) is 25.7 Å². The molecular weight excluding hydrogens is 596 g/mol. The predicted molar refractivity (Wildman–Crippen MR) is 156 cm³/mol. The highest BCUT2D eigenvalue weighted by atomic mass is 28.4. The second-order valence-electron chi connectivity index (χ2n) is 11.4. The Balaban J connectivity index is 0.000000197. The lowest BCUT2D eigenvalue weighted by Gasteiger charge is -2.18. The van der Waals surface area contributed by atoms with Crippen molar-refractivity contribution in [3.8, 4) is 0 Å².